The monoisotopic (exact) mass is 200 g/mol. The molecule has 0 saturated heterocycles. The number of benzene rings is 1. The Balaban J connectivity index is 2.52. The maximum atomic E-state index is 5.85. The van der Waals surface area contributed by atoms with E-state index in [4.69, 9.17) is 11.6 Å². The Morgan fingerprint density at radius 1 is 1.42 bits per heavy atom. The van der Waals surface area contributed by atoms with Gasteiger partial charge in [0, 0.05) is 15.7 Å². The van der Waals surface area contributed by atoms with Gasteiger partial charge in [-0.15, -0.1) is 11.8 Å². The zero-order valence-corrected chi connectivity index (χ0v) is 8.95. The highest BCUT2D eigenvalue weighted by atomic mass is 35.5. The van der Waals surface area contributed by atoms with Crippen LogP contribution in [0.4, 0.5) is 0 Å². The quantitative estimate of drug-likeness (QED) is 0.663. The Kier molecular flexibility index (Phi) is 3.96. The first-order valence-corrected chi connectivity index (χ1v) is 5.43. The molecular weight excluding hydrogens is 188 g/mol. The Morgan fingerprint density at radius 2 is 2.17 bits per heavy atom. The minimum Gasteiger partial charge on any atom is -0.126 e. The SMILES string of the molecule is CC(C)CSc1cccc(Cl)c1. The van der Waals surface area contributed by atoms with Crippen molar-refractivity contribution in [3.05, 3.63) is 29.3 Å². The van der Waals surface area contributed by atoms with Crippen molar-refractivity contribution in [2.45, 2.75) is 18.7 Å². The van der Waals surface area contributed by atoms with Crippen molar-refractivity contribution in [2.24, 2.45) is 5.92 Å². The van der Waals surface area contributed by atoms with Gasteiger partial charge < -0.3 is 0 Å². The van der Waals surface area contributed by atoms with Crippen LogP contribution in [0.1, 0.15) is 13.8 Å². The van der Waals surface area contributed by atoms with E-state index in [0.29, 0.717) is 0 Å². The third-order valence-electron chi connectivity index (χ3n) is 1.38. The molecule has 0 fully saturated rings. The summed E-state index contributed by atoms with van der Waals surface area (Å²) in [6.45, 7) is 4.44. The number of halogens is 1. The molecule has 66 valence electrons. The molecule has 1 rings (SSSR count). The van der Waals surface area contributed by atoms with Gasteiger partial charge in [-0.3, -0.25) is 0 Å². The lowest BCUT2D eigenvalue weighted by Gasteiger charge is -2.03. The predicted octanol–water partition coefficient (Wildman–Crippen LogP) is 4.09. The first-order valence-electron chi connectivity index (χ1n) is 4.07. The smallest absolute Gasteiger partial charge is 0.0417 e. The first-order chi connectivity index (χ1) is 5.68. The molecule has 0 amide bonds. The van der Waals surface area contributed by atoms with E-state index in [2.05, 4.69) is 19.9 Å². The molecule has 2 heteroatoms. The molecule has 0 nitrogen and oxygen atoms in total. The molecule has 0 spiro atoms. The van der Waals surface area contributed by atoms with Gasteiger partial charge in [0.1, 0.15) is 0 Å². The summed E-state index contributed by atoms with van der Waals surface area (Å²) in [5.41, 5.74) is 0. The molecule has 0 atom stereocenters. The third-order valence-corrected chi connectivity index (χ3v) is 3.04. The van der Waals surface area contributed by atoms with E-state index in [9.17, 15) is 0 Å². The lowest BCUT2D eigenvalue weighted by Crippen LogP contribution is -1.89. The fourth-order valence-electron chi connectivity index (χ4n) is 0.820. The zero-order chi connectivity index (χ0) is 8.97. The van der Waals surface area contributed by atoms with Crippen LogP contribution in [0.3, 0.4) is 0 Å². The summed E-state index contributed by atoms with van der Waals surface area (Å²) in [5.74, 6) is 1.88. The summed E-state index contributed by atoms with van der Waals surface area (Å²) < 4.78 is 0. The summed E-state index contributed by atoms with van der Waals surface area (Å²) in [4.78, 5) is 1.26. The van der Waals surface area contributed by atoms with Gasteiger partial charge in [-0.1, -0.05) is 31.5 Å². The van der Waals surface area contributed by atoms with Crippen LogP contribution in [0.5, 0.6) is 0 Å². The third kappa shape index (κ3) is 3.51. The molecule has 0 heterocycles. The molecular formula is C10H13ClS. The standard InChI is InChI=1S/C10H13ClS/c1-8(2)7-12-10-5-3-4-9(11)6-10/h3-6,8H,7H2,1-2H3. The minimum absolute atomic E-state index is 0.731. The highest BCUT2D eigenvalue weighted by Crippen LogP contribution is 2.23. The zero-order valence-electron chi connectivity index (χ0n) is 7.38. The Morgan fingerprint density at radius 3 is 2.75 bits per heavy atom. The van der Waals surface area contributed by atoms with Gasteiger partial charge in [-0.25, -0.2) is 0 Å². The van der Waals surface area contributed by atoms with Gasteiger partial charge in [0.15, 0.2) is 0 Å². The van der Waals surface area contributed by atoms with Crippen molar-refractivity contribution in [1.82, 2.24) is 0 Å². The first kappa shape index (κ1) is 9.94. The normalized spacial score (nSPS) is 10.7. The Labute approximate surface area is 83.3 Å². The minimum atomic E-state index is 0.731. The molecule has 0 aromatic heterocycles. The van der Waals surface area contributed by atoms with Gasteiger partial charge >= 0.3 is 0 Å². The molecule has 0 aliphatic heterocycles. The maximum absolute atomic E-state index is 5.85. The van der Waals surface area contributed by atoms with E-state index in [1.165, 1.54) is 4.90 Å². The second-order valence-electron chi connectivity index (χ2n) is 3.16. The summed E-state index contributed by atoms with van der Waals surface area (Å²) in [7, 11) is 0. The average molecular weight is 201 g/mol. The molecule has 1 aromatic rings. The van der Waals surface area contributed by atoms with E-state index in [-0.39, 0.29) is 0 Å². The number of thioether (sulfide) groups is 1. The molecule has 0 N–H and O–H groups in total. The summed E-state index contributed by atoms with van der Waals surface area (Å²) >= 11 is 7.71. The maximum Gasteiger partial charge on any atom is 0.0417 e. The van der Waals surface area contributed by atoms with Gasteiger partial charge in [0.05, 0.1) is 0 Å². The fraction of sp³-hybridized carbons (Fsp3) is 0.400. The van der Waals surface area contributed by atoms with Crippen molar-refractivity contribution in [1.29, 1.82) is 0 Å². The molecule has 0 aliphatic carbocycles. The van der Waals surface area contributed by atoms with Crippen molar-refractivity contribution in [3.8, 4) is 0 Å². The number of hydrogen-bond acceptors (Lipinski definition) is 1. The summed E-state index contributed by atoms with van der Waals surface area (Å²) in [6, 6.07) is 8.00. The van der Waals surface area contributed by atoms with E-state index >= 15 is 0 Å². The van der Waals surface area contributed by atoms with E-state index in [0.717, 1.165) is 16.7 Å². The molecule has 0 aliphatic rings. The van der Waals surface area contributed by atoms with Crippen molar-refractivity contribution >= 4 is 23.4 Å². The van der Waals surface area contributed by atoms with Crippen LogP contribution < -0.4 is 0 Å². The van der Waals surface area contributed by atoms with Crippen molar-refractivity contribution in [3.63, 3.8) is 0 Å². The molecule has 12 heavy (non-hydrogen) atoms. The van der Waals surface area contributed by atoms with E-state index in [1.807, 2.05) is 30.0 Å². The Bertz CT molecular complexity index is 245. The lowest BCUT2D eigenvalue weighted by molar-refractivity contribution is 0.750. The van der Waals surface area contributed by atoms with Gasteiger partial charge in [-0.05, 0) is 24.1 Å². The van der Waals surface area contributed by atoms with E-state index in [1.54, 1.807) is 0 Å². The van der Waals surface area contributed by atoms with Crippen LogP contribution in [-0.4, -0.2) is 5.75 Å². The van der Waals surface area contributed by atoms with Crippen molar-refractivity contribution < 1.29 is 0 Å². The van der Waals surface area contributed by atoms with Crippen LogP contribution in [0, 0.1) is 5.92 Å². The molecule has 0 radical (unpaired) electrons. The molecule has 1 aromatic carbocycles. The highest BCUT2D eigenvalue weighted by Gasteiger charge is 1.97. The second kappa shape index (κ2) is 4.78. The predicted molar refractivity (Wildman–Crippen MR) is 57.0 cm³/mol. The van der Waals surface area contributed by atoms with Crippen LogP contribution in [-0.2, 0) is 0 Å². The fourth-order valence-corrected chi connectivity index (χ4v) is 1.99. The lowest BCUT2D eigenvalue weighted by atomic mass is 10.3. The number of rotatable bonds is 3. The van der Waals surface area contributed by atoms with Crippen LogP contribution in [0.2, 0.25) is 5.02 Å². The Hall–Kier alpha value is -0.140. The molecule has 0 bridgehead atoms. The molecule has 0 saturated carbocycles. The van der Waals surface area contributed by atoms with Crippen molar-refractivity contribution in [2.75, 3.05) is 5.75 Å². The van der Waals surface area contributed by atoms with Gasteiger partial charge in [-0.2, -0.15) is 0 Å². The summed E-state index contributed by atoms with van der Waals surface area (Å²) in [6.07, 6.45) is 0. The number of hydrogen-bond donors (Lipinski definition) is 0. The second-order valence-corrected chi connectivity index (χ2v) is 4.69. The topological polar surface area (TPSA) is 0 Å². The van der Waals surface area contributed by atoms with E-state index < -0.39 is 0 Å². The average Bonchev–Trinajstić information content (AvgIpc) is 2.01. The van der Waals surface area contributed by atoms with Crippen LogP contribution >= 0.6 is 23.4 Å². The van der Waals surface area contributed by atoms with Gasteiger partial charge in [0.2, 0.25) is 0 Å². The largest absolute Gasteiger partial charge is 0.126 e. The van der Waals surface area contributed by atoms with Crippen LogP contribution in [0.15, 0.2) is 29.2 Å². The van der Waals surface area contributed by atoms with Crippen LogP contribution in [0.25, 0.3) is 0 Å². The van der Waals surface area contributed by atoms with Gasteiger partial charge in [0.25, 0.3) is 0 Å². The highest BCUT2D eigenvalue weighted by molar-refractivity contribution is 7.99. The molecule has 0 unspecified atom stereocenters. The summed E-state index contributed by atoms with van der Waals surface area (Å²) in [5, 5.41) is 0.823.